The molecule has 1 aliphatic heterocycles. The van der Waals surface area contributed by atoms with Gasteiger partial charge < -0.3 is 0 Å². The zero-order chi connectivity index (χ0) is 12.3. The third kappa shape index (κ3) is 2.25. The van der Waals surface area contributed by atoms with Crippen molar-refractivity contribution in [2.24, 2.45) is 0 Å². The summed E-state index contributed by atoms with van der Waals surface area (Å²) in [7, 11) is -0.235. The van der Waals surface area contributed by atoms with Crippen LogP contribution >= 0.6 is 15.8 Å². The maximum absolute atomic E-state index is 2.37. The summed E-state index contributed by atoms with van der Waals surface area (Å²) in [6.07, 6.45) is 5.77. The van der Waals surface area contributed by atoms with Crippen LogP contribution in [0.2, 0.25) is 0 Å². The molecule has 2 aromatic carbocycles. The Kier molecular flexibility index (Phi) is 3.78. The molecule has 1 heterocycles. The summed E-state index contributed by atoms with van der Waals surface area (Å²) in [5.41, 5.74) is 0. The van der Waals surface area contributed by atoms with E-state index in [1.165, 1.54) is 33.2 Å². The molecule has 2 aromatic rings. The average Bonchev–Trinajstić information content (AvgIpc) is 2.50. The standard InChI is InChI=1S/C16H20P2/c1-3-7-15(8-4-1)18(13-11-17-12-14-18)16-9-5-2-6-10-16/h1-10,17-18H,11-14H2. The Balaban J connectivity index is 2.10. The van der Waals surface area contributed by atoms with E-state index in [1.807, 2.05) is 0 Å². The molecule has 0 bridgehead atoms. The first-order chi connectivity index (χ1) is 8.92. The quantitative estimate of drug-likeness (QED) is 0.738. The van der Waals surface area contributed by atoms with Gasteiger partial charge in [-0.25, -0.2) is 0 Å². The van der Waals surface area contributed by atoms with Gasteiger partial charge in [0.05, 0.1) is 0 Å². The normalized spacial score (nSPS) is 21.6. The Morgan fingerprint density at radius 1 is 0.667 bits per heavy atom. The fraction of sp³-hybridized carbons (Fsp3) is 0.250. The summed E-state index contributed by atoms with van der Waals surface area (Å²) >= 11 is 0. The second kappa shape index (κ2) is 5.52. The van der Waals surface area contributed by atoms with E-state index in [9.17, 15) is 0 Å². The molecule has 0 aromatic heterocycles. The summed E-state index contributed by atoms with van der Waals surface area (Å²) < 4.78 is 0. The fourth-order valence-corrected chi connectivity index (χ4v) is 11.6. The van der Waals surface area contributed by atoms with E-state index < -0.39 is 7.26 Å². The summed E-state index contributed by atoms with van der Waals surface area (Å²) in [5.74, 6) is 0. The molecule has 0 unspecified atom stereocenters. The fourth-order valence-electron chi connectivity index (χ4n) is 3.11. The van der Waals surface area contributed by atoms with Gasteiger partial charge in [-0.05, 0) is 0 Å². The van der Waals surface area contributed by atoms with Gasteiger partial charge in [-0.3, -0.25) is 0 Å². The van der Waals surface area contributed by atoms with Crippen molar-refractivity contribution in [2.75, 3.05) is 24.6 Å². The molecule has 3 rings (SSSR count). The Bertz CT molecular complexity index is 446. The van der Waals surface area contributed by atoms with Gasteiger partial charge in [-0.2, -0.15) is 0 Å². The topological polar surface area (TPSA) is 0 Å². The number of hydrogen-bond donors (Lipinski definition) is 0. The van der Waals surface area contributed by atoms with Crippen LogP contribution in [-0.2, 0) is 0 Å². The van der Waals surface area contributed by atoms with E-state index in [2.05, 4.69) is 60.7 Å². The van der Waals surface area contributed by atoms with Crippen molar-refractivity contribution < 1.29 is 0 Å². The van der Waals surface area contributed by atoms with E-state index in [0.29, 0.717) is 0 Å². The van der Waals surface area contributed by atoms with E-state index in [-0.39, 0.29) is 0 Å². The summed E-state index contributed by atoms with van der Waals surface area (Å²) in [5, 5.41) is 3.28. The molecule has 0 amide bonds. The first-order valence-corrected chi connectivity index (χ1v) is 10.6. The van der Waals surface area contributed by atoms with Crippen LogP contribution in [0.25, 0.3) is 0 Å². The molecule has 0 N–H and O–H groups in total. The molecule has 94 valence electrons. The number of hydrogen-bond acceptors (Lipinski definition) is 0. The molecular formula is C16H20P2. The van der Waals surface area contributed by atoms with Crippen molar-refractivity contribution in [1.82, 2.24) is 0 Å². The SMILES string of the molecule is c1ccc([PH]2(c3ccccc3)CCPCC2)cc1. The molecule has 1 saturated heterocycles. The van der Waals surface area contributed by atoms with Gasteiger partial charge in [0.2, 0.25) is 0 Å². The zero-order valence-electron chi connectivity index (χ0n) is 10.6. The van der Waals surface area contributed by atoms with Gasteiger partial charge in [0.15, 0.2) is 0 Å². The van der Waals surface area contributed by atoms with Crippen molar-refractivity contribution >= 4 is 26.5 Å². The van der Waals surface area contributed by atoms with Crippen LogP contribution in [0.15, 0.2) is 60.7 Å². The molecule has 0 atom stereocenters. The molecule has 2 heteroatoms. The summed E-state index contributed by atoms with van der Waals surface area (Å²) in [6, 6.07) is 22.6. The molecule has 18 heavy (non-hydrogen) atoms. The molecule has 0 nitrogen and oxygen atoms in total. The Hall–Kier alpha value is -0.700. The average molecular weight is 274 g/mol. The third-order valence-electron chi connectivity index (χ3n) is 4.11. The first-order valence-electron chi connectivity index (χ1n) is 6.74. The molecule has 0 aliphatic carbocycles. The van der Waals surface area contributed by atoms with E-state index >= 15 is 0 Å². The van der Waals surface area contributed by atoms with E-state index in [0.717, 1.165) is 0 Å². The number of benzene rings is 2. The minimum absolute atomic E-state index is 1.19. The molecular weight excluding hydrogens is 254 g/mol. The van der Waals surface area contributed by atoms with Gasteiger partial charge in [0, 0.05) is 0 Å². The molecule has 0 radical (unpaired) electrons. The predicted octanol–water partition coefficient (Wildman–Crippen LogP) is 3.08. The van der Waals surface area contributed by atoms with Crippen molar-refractivity contribution in [2.45, 2.75) is 0 Å². The minimum atomic E-state index is -1.43. The molecule has 1 fully saturated rings. The van der Waals surface area contributed by atoms with Crippen LogP contribution in [0.3, 0.4) is 0 Å². The van der Waals surface area contributed by atoms with Gasteiger partial charge in [-0.1, -0.05) is 0 Å². The third-order valence-corrected chi connectivity index (χ3v) is 11.4. The Morgan fingerprint density at radius 3 is 1.56 bits per heavy atom. The van der Waals surface area contributed by atoms with Gasteiger partial charge >= 0.3 is 112 Å². The van der Waals surface area contributed by atoms with Crippen LogP contribution in [0.4, 0.5) is 0 Å². The zero-order valence-corrected chi connectivity index (χ0v) is 12.6. The van der Waals surface area contributed by atoms with E-state index in [1.54, 1.807) is 10.6 Å². The predicted molar refractivity (Wildman–Crippen MR) is 88.3 cm³/mol. The van der Waals surface area contributed by atoms with E-state index in [4.69, 9.17) is 0 Å². The van der Waals surface area contributed by atoms with Gasteiger partial charge in [0.1, 0.15) is 0 Å². The maximum atomic E-state index is 2.37. The van der Waals surface area contributed by atoms with Gasteiger partial charge in [0.25, 0.3) is 0 Å². The van der Waals surface area contributed by atoms with Crippen LogP contribution in [-0.4, -0.2) is 24.6 Å². The summed E-state index contributed by atoms with van der Waals surface area (Å²) in [6.45, 7) is 0. The van der Waals surface area contributed by atoms with Crippen molar-refractivity contribution in [1.29, 1.82) is 0 Å². The van der Waals surface area contributed by atoms with Crippen molar-refractivity contribution in [3.05, 3.63) is 60.7 Å². The van der Waals surface area contributed by atoms with Gasteiger partial charge in [-0.15, -0.1) is 0 Å². The molecule has 1 aliphatic rings. The van der Waals surface area contributed by atoms with Crippen LogP contribution in [0, 0.1) is 0 Å². The molecule has 0 spiro atoms. The summed E-state index contributed by atoms with van der Waals surface area (Å²) in [4.78, 5) is 0. The second-order valence-corrected chi connectivity index (χ2v) is 10.9. The van der Waals surface area contributed by atoms with Crippen LogP contribution in [0.5, 0.6) is 0 Å². The van der Waals surface area contributed by atoms with Crippen LogP contribution < -0.4 is 10.6 Å². The van der Waals surface area contributed by atoms with Crippen LogP contribution in [0.1, 0.15) is 0 Å². The van der Waals surface area contributed by atoms with Crippen molar-refractivity contribution in [3.8, 4) is 0 Å². The van der Waals surface area contributed by atoms with Crippen molar-refractivity contribution in [3.63, 3.8) is 0 Å². The Labute approximate surface area is 112 Å². The number of rotatable bonds is 2. The second-order valence-electron chi connectivity index (χ2n) is 5.06. The Morgan fingerprint density at radius 2 is 1.11 bits per heavy atom. The first kappa shape index (κ1) is 12.3. The molecule has 0 saturated carbocycles. The monoisotopic (exact) mass is 274 g/mol.